The first kappa shape index (κ1) is 26.7. The molecule has 0 aromatic carbocycles. The second-order valence-electron chi connectivity index (χ2n) is 13.5. The van der Waals surface area contributed by atoms with E-state index in [-0.39, 0.29) is 29.6 Å². The van der Waals surface area contributed by atoms with Gasteiger partial charge in [0.1, 0.15) is 12.2 Å². The van der Waals surface area contributed by atoms with E-state index in [0.717, 1.165) is 37.0 Å². The Morgan fingerprint density at radius 2 is 1.66 bits per heavy atom. The van der Waals surface area contributed by atoms with Crippen LogP contribution in [0.25, 0.3) is 0 Å². The van der Waals surface area contributed by atoms with Gasteiger partial charge in [-0.05, 0) is 85.0 Å². The Kier molecular flexibility index (Phi) is 7.80. The van der Waals surface area contributed by atoms with Gasteiger partial charge in [0, 0.05) is 26.2 Å². The maximum Gasteiger partial charge on any atom is 0.303 e. The first-order valence-corrected chi connectivity index (χ1v) is 14.5. The minimum absolute atomic E-state index is 0.0437. The zero-order valence-corrected chi connectivity index (χ0v) is 23.4. The van der Waals surface area contributed by atoms with Crippen LogP contribution in [0.1, 0.15) is 113 Å². The van der Waals surface area contributed by atoms with E-state index in [2.05, 4.69) is 40.7 Å². The first-order chi connectivity index (χ1) is 16.5. The lowest BCUT2D eigenvalue weighted by Gasteiger charge is -2.59. The van der Waals surface area contributed by atoms with Gasteiger partial charge < -0.3 is 9.47 Å². The molecule has 9 atom stereocenters. The van der Waals surface area contributed by atoms with Crippen LogP contribution < -0.4 is 0 Å². The predicted octanol–water partition coefficient (Wildman–Crippen LogP) is 7.50. The van der Waals surface area contributed by atoms with E-state index in [1.54, 1.807) is 6.92 Å². The number of carbonyl (C=O) groups is 2. The number of hydrogen-bond donors (Lipinski definition) is 0. The Balaban J connectivity index is 1.60. The third kappa shape index (κ3) is 5.10. The van der Waals surface area contributed by atoms with Gasteiger partial charge in [-0.1, -0.05) is 59.5 Å². The fourth-order valence-corrected chi connectivity index (χ4v) is 9.25. The second kappa shape index (κ2) is 10.2. The van der Waals surface area contributed by atoms with Crippen LogP contribution in [0.3, 0.4) is 0 Å². The van der Waals surface area contributed by atoms with Crippen molar-refractivity contribution in [2.75, 3.05) is 0 Å². The Morgan fingerprint density at radius 3 is 2.31 bits per heavy atom. The van der Waals surface area contributed by atoms with Crippen molar-refractivity contribution in [1.29, 1.82) is 0 Å². The Bertz CT molecular complexity index is 830. The van der Waals surface area contributed by atoms with Gasteiger partial charge in [0.15, 0.2) is 0 Å². The van der Waals surface area contributed by atoms with Crippen molar-refractivity contribution in [2.24, 2.45) is 46.3 Å². The number of hydrogen-bond acceptors (Lipinski definition) is 4. The third-order valence-electron chi connectivity index (χ3n) is 10.9. The van der Waals surface area contributed by atoms with Crippen molar-refractivity contribution in [3.05, 3.63) is 11.6 Å². The van der Waals surface area contributed by atoms with Gasteiger partial charge in [-0.2, -0.15) is 0 Å². The molecular formula is C31H50O4. The van der Waals surface area contributed by atoms with E-state index >= 15 is 0 Å². The highest BCUT2D eigenvalue weighted by atomic mass is 16.5. The highest BCUT2D eigenvalue weighted by Crippen LogP contribution is 2.67. The Hall–Kier alpha value is -1.32. The van der Waals surface area contributed by atoms with Crippen LogP contribution in [0.2, 0.25) is 0 Å². The summed E-state index contributed by atoms with van der Waals surface area (Å²) in [5.41, 5.74) is 1.83. The summed E-state index contributed by atoms with van der Waals surface area (Å²) >= 11 is 0. The molecule has 4 nitrogen and oxygen atoms in total. The number of esters is 2. The molecule has 3 fully saturated rings. The smallest absolute Gasteiger partial charge is 0.303 e. The minimum atomic E-state index is -0.197. The van der Waals surface area contributed by atoms with Gasteiger partial charge in [-0.3, -0.25) is 9.59 Å². The Morgan fingerprint density at radius 1 is 0.943 bits per heavy atom. The van der Waals surface area contributed by atoms with Crippen molar-refractivity contribution in [2.45, 2.75) is 125 Å². The zero-order chi connectivity index (χ0) is 25.5. The van der Waals surface area contributed by atoms with E-state index in [4.69, 9.17) is 9.47 Å². The third-order valence-corrected chi connectivity index (χ3v) is 10.9. The fourth-order valence-electron chi connectivity index (χ4n) is 9.25. The highest BCUT2D eigenvalue weighted by molar-refractivity contribution is 5.67. The van der Waals surface area contributed by atoms with Crippen LogP contribution in [0.4, 0.5) is 0 Å². The van der Waals surface area contributed by atoms with Crippen molar-refractivity contribution in [3.63, 3.8) is 0 Å². The normalized spacial score (nSPS) is 41.3. The van der Waals surface area contributed by atoms with Crippen LogP contribution in [0, 0.1) is 46.3 Å². The summed E-state index contributed by atoms with van der Waals surface area (Å²) < 4.78 is 11.7. The molecule has 0 amide bonds. The molecule has 0 bridgehead atoms. The highest BCUT2D eigenvalue weighted by Gasteiger charge is 2.62. The quantitative estimate of drug-likeness (QED) is 0.276. The lowest BCUT2D eigenvalue weighted by atomic mass is 9.46. The zero-order valence-electron chi connectivity index (χ0n) is 23.4. The molecule has 35 heavy (non-hydrogen) atoms. The lowest BCUT2D eigenvalue weighted by molar-refractivity contribution is -0.159. The lowest BCUT2D eigenvalue weighted by Crippen LogP contribution is -2.55. The average molecular weight is 487 g/mol. The van der Waals surface area contributed by atoms with E-state index in [9.17, 15) is 9.59 Å². The average Bonchev–Trinajstić information content (AvgIpc) is 3.10. The van der Waals surface area contributed by atoms with E-state index in [0.29, 0.717) is 23.2 Å². The molecule has 4 aliphatic rings. The second-order valence-corrected chi connectivity index (χ2v) is 13.5. The van der Waals surface area contributed by atoms with E-state index < -0.39 is 0 Å². The van der Waals surface area contributed by atoms with Crippen molar-refractivity contribution < 1.29 is 19.1 Å². The molecule has 4 rings (SSSR count). The van der Waals surface area contributed by atoms with Gasteiger partial charge in [0.2, 0.25) is 0 Å². The van der Waals surface area contributed by atoms with Gasteiger partial charge in [-0.15, -0.1) is 0 Å². The standard InChI is InChI=1S/C31H50O4/c1-19(2)9-8-10-20(3)25-11-12-26-29-27(14-16-31(25,26)7)30(6)15-13-24(34-21(4)32)17-23(30)18-28(29)35-22(5)33/h18-20,24-29H,8-17H2,1-7H3/t20-,24+,25-,26+,27+,28-,29+,30+,31-/m1/s1. The van der Waals surface area contributed by atoms with Crippen LogP contribution in [-0.4, -0.2) is 24.1 Å². The van der Waals surface area contributed by atoms with Crippen LogP contribution in [0.15, 0.2) is 11.6 Å². The molecule has 198 valence electrons. The monoisotopic (exact) mass is 486 g/mol. The fraction of sp³-hybridized carbons (Fsp3) is 0.871. The number of ether oxygens (including phenoxy) is 2. The van der Waals surface area contributed by atoms with Crippen molar-refractivity contribution in [1.82, 2.24) is 0 Å². The first-order valence-electron chi connectivity index (χ1n) is 14.5. The molecule has 4 heteroatoms. The van der Waals surface area contributed by atoms with Gasteiger partial charge in [0.05, 0.1) is 0 Å². The molecule has 0 unspecified atom stereocenters. The molecule has 4 aliphatic carbocycles. The maximum absolute atomic E-state index is 12.2. The van der Waals surface area contributed by atoms with Crippen molar-refractivity contribution >= 4 is 11.9 Å². The number of rotatable bonds is 7. The van der Waals surface area contributed by atoms with Crippen LogP contribution in [-0.2, 0) is 19.1 Å². The molecule has 0 aliphatic heterocycles. The molecule has 0 spiro atoms. The summed E-state index contributed by atoms with van der Waals surface area (Å²) in [5.74, 6) is 3.51. The minimum Gasteiger partial charge on any atom is -0.462 e. The Labute approximate surface area is 214 Å². The van der Waals surface area contributed by atoms with Gasteiger partial charge >= 0.3 is 11.9 Å². The van der Waals surface area contributed by atoms with Gasteiger partial charge in [0.25, 0.3) is 0 Å². The van der Waals surface area contributed by atoms with Crippen molar-refractivity contribution in [3.8, 4) is 0 Å². The molecule has 0 saturated heterocycles. The van der Waals surface area contributed by atoms with E-state index in [1.165, 1.54) is 57.4 Å². The molecule has 0 heterocycles. The SMILES string of the molecule is CC(=O)O[C@H]1CC[C@@]2(C)C(=C[C@@H](OC(C)=O)[C@H]3[C@@H]4CC[C@H]([C@H](C)CCCC(C)C)[C@@]4(C)CC[C@@H]32)C1. The predicted molar refractivity (Wildman–Crippen MR) is 140 cm³/mol. The van der Waals surface area contributed by atoms with E-state index in [1.807, 2.05) is 0 Å². The summed E-state index contributed by atoms with van der Waals surface area (Å²) in [6.45, 7) is 15.3. The molecule has 0 aromatic heterocycles. The molecule has 0 radical (unpaired) electrons. The van der Waals surface area contributed by atoms with Crippen LogP contribution >= 0.6 is 0 Å². The molecular weight excluding hydrogens is 436 g/mol. The van der Waals surface area contributed by atoms with Crippen LogP contribution in [0.5, 0.6) is 0 Å². The summed E-state index contributed by atoms with van der Waals surface area (Å²) in [5, 5.41) is 0. The largest absolute Gasteiger partial charge is 0.462 e. The molecule has 0 aromatic rings. The van der Waals surface area contributed by atoms with Gasteiger partial charge in [-0.25, -0.2) is 0 Å². The maximum atomic E-state index is 12.2. The number of fused-ring (bicyclic) bond motifs is 5. The summed E-state index contributed by atoms with van der Waals surface area (Å²) in [7, 11) is 0. The number of carbonyl (C=O) groups excluding carboxylic acids is 2. The summed E-state index contributed by atoms with van der Waals surface area (Å²) in [6, 6.07) is 0. The topological polar surface area (TPSA) is 52.6 Å². The summed E-state index contributed by atoms with van der Waals surface area (Å²) in [4.78, 5) is 23.9. The molecule has 0 N–H and O–H groups in total. The molecule has 3 saturated carbocycles. The summed E-state index contributed by atoms with van der Waals surface area (Å²) in [6.07, 6.45) is 14.0.